The van der Waals surface area contributed by atoms with E-state index in [-0.39, 0.29) is 37.8 Å². The number of benzene rings is 2. The van der Waals surface area contributed by atoms with Crippen LogP contribution in [0, 0.1) is 6.92 Å². The van der Waals surface area contributed by atoms with Crippen molar-refractivity contribution in [3.8, 4) is 5.75 Å². The van der Waals surface area contributed by atoms with Crippen LogP contribution in [-0.2, 0) is 9.59 Å². The number of halogens is 6. The van der Waals surface area contributed by atoms with Gasteiger partial charge in [-0.15, -0.1) is 0 Å². The van der Waals surface area contributed by atoms with E-state index in [4.69, 9.17) is 39.5 Å². The minimum absolute atomic E-state index is 0.0722. The molecule has 1 aliphatic heterocycles. The Hall–Kier alpha value is -2.36. The molecule has 6 nitrogen and oxygen atoms in total. The zero-order valence-corrected chi connectivity index (χ0v) is 19.6. The molecule has 0 aromatic heterocycles. The van der Waals surface area contributed by atoms with Crippen LogP contribution in [0.3, 0.4) is 0 Å². The van der Waals surface area contributed by atoms with E-state index in [0.717, 1.165) is 4.90 Å². The van der Waals surface area contributed by atoms with Gasteiger partial charge in [-0.25, -0.2) is 0 Å². The van der Waals surface area contributed by atoms with Crippen LogP contribution in [0.2, 0.25) is 15.1 Å². The molecular weight excluding hydrogens is 506 g/mol. The standard InChI is InChI=1S/C21H19Cl3F3N3O3/c1-12-8-13(22)9-16(24)19(12)33-11-18(31)28-14-2-3-17(15(23)10-14)29-4-6-30(7-5-29)20(32)21(25,26)27/h2-3,8-10H,4-7,11H2,1H3,(H,28,31). The summed E-state index contributed by atoms with van der Waals surface area (Å²) in [5, 5.41) is 3.71. The molecule has 2 amide bonds. The highest BCUT2D eigenvalue weighted by Crippen LogP contribution is 2.32. The maximum absolute atomic E-state index is 12.6. The molecule has 12 heteroatoms. The maximum atomic E-state index is 12.6. The van der Waals surface area contributed by atoms with Crippen molar-refractivity contribution in [2.45, 2.75) is 13.1 Å². The van der Waals surface area contributed by atoms with E-state index < -0.39 is 18.0 Å². The highest BCUT2D eigenvalue weighted by Gasteiger charge is 2.43. The fourth-order valence-electron chi connectivity index (χ4n) is 3.38. The largest absolute Gasteiger partial charge is 0.482 e. The third-order valence-corrected chi connectivity index (χ3v) is 5.72. The normalized spacial score (nSPS) is 14.3. The number of ether oxygens (including phenoxy) is 1. The van der Waals surface area contributed by atoms with Gasteiger partial charge in [0.15, 0.2) is 6.61 Å². The minimum atomic E-state index is -4.89. The molecule has 1 N–H and O–H groups in total. The Bertz CT molecular complexity index is 1040. The molecule has 0 unspecified atom stereocenters. The number of hydrogen-bond donors (Lipinski definition) is 1. The first-order chi connectivity index (χ1) is 15.5. The van der Waals surface area contributed by atoms with E-state index >= 15 is 0 Å². The SMILES string of the molecule is Cc1cc(Cl)cc(Cl)c1OCC(=O)Nc1ccc(N2CCN(C(=O)C(F)(F)F)CC2)c(Cl)c1. The first-order valence-electron chi connectivity index (χ1n) is 9.74. The number of amides is 2. The van der Waals surface area contributed by atoms with Gasteiger partial charge in [0.1, 0.15) is 5.75 Å². The molecule has 1 heterocycles. The van der Waals surface area contributed by atoms with E-state index in [2.05, 4.69) is 5.32 Å². The number of piperazine rings is 1. The molecular formula is C21H19Cl3F3N3O3. The molecule has 0 bridgehead atoms. The topological polar surface area (TPSA) is 61.9 Å². The summed E-state index contributed by atoms with van der Waals surface area (Å²) in [7, 11) is 0. The average molecular weight is 525 g/mol. The molecule has 3 rings (SSSR count). The molecule has 178 valence electrons. The maximum Gasteiger partial charge on any atom is 0.471 e. The molecule has 0 spiro atoms. The Morgan fingerprint density at radius 2 is 1.70 bits per heavy atom. The van der Waals surface area contributed by atoms with E-state index in [0.29, 0.717) is 32.7 Å². The van der Waals surface area contributed by atoms with E-state index in [9.17, 15) is 22.8 Å². The zero-order valence-electron chi connectivity index (χ0n) is 17.3. The van der Waals surface area contributed by atoms with Gasteiger partial charge >= 0.3 is 12.1 Å². The molecule has 1 aliphatic rings. The van der Waals surface area contributed by atoms with Crippen LogP contribution < -0.4 is 15.0 Å². The Morgan fingerprint density at radius 1 is 1.03 bits per heavy atom. The molecule has 0 atom stereocenters. The third kappa shape index (κ3) is 6.37. The van der Waals surface area contributed by atoms with Crippen molar-refractivity contribution >= 4 is 58.0 Å². The lowest BCUT2D eigenvalue weighted by atomic mass is 10.2. The van der Waals surface area contributed by atoms with Crippen molar-refractivity contribution in [3.63, 3.8) is 0 Å². The van der Waals surface area contributed by atoms with Crippen molar-refractivity contribution in [1.82, 2.24) is 4.90 Å². The van der Waals surface area contributed by atoms with Crippen LogP contribution in [0.5, 0.6) is 5.75 Å². The number of nitrogens with one attached hydrogen (secondary N) is 1. The summed E-state index contributed by atoms with van der Waals surface area (Å²) in [6.45, 7) is 1.71. The van der Waals surface area contributed by atoms with E-state index in [1.54, 1.807) is 30.0 Å². The van der Waals surface area contributed by atoms with Gasteiger partial charge in [-0.05, 0) is 42.8 Å². The Balaban J connectivity index is 1.57. The highest BCUT2D eigenvalue weighted by atomic mass is 35.5. The summed E-state index contributed by atoms with van der Waals surface area (Å²) in [5.74, 6) is -1.93. The summed E-state index contributed by atoms with van der Waals surface area (Å²) in [5.41, 5.74) is 1.69. The smallest absolute Gasteiger partial charge is 0.471 e. The quantitative estimate of drug-likeness (QED) is 0.585. The van der Waals surface area contributed by atoms with Gasteiger partial charge in [0.25, 0.3) is 5.91 Å². The second-order valence-electron chi connectivity index (χ2n) is 7.31. The van der Waals surface area contributed by atoms with Gasteiger partial charge in [0.05, 0.1) is 15.7 Å². The number of carbonyl (C=O) groups excluding carboxylic acids is 2. The summed E-state index contributed by atoms with van der Waals surface area (Å²) < 4.78 is 43.3. The van der Waals surface area contributed by atoms with Crippen molar-refractivity contribution in [1.29, 1.82) is 0 Å². The van der Waals surface area contributed by atoms with E-state index in [1.165, 1.54) is 12.1 Å². The van der Waals surface area contributed by atoms with Gasteiger partial charge in [0.2, 0.25) is 0 Å². The van der Waals surface area contributed by atoms with Crippen LogP contribution in [0.1, 0.15) is 5.56 Å². The van der Waals surface area contributed by atoms with Crippen LogP contribution in [0.25, 0.3) is 0 Å². The van der Waals surface area contributed by atoms with Gasteiger partial charge in [-0.2, -0.15) is 13.2 Å². The number of hydrogen-bond acceptors (Lipinski definition) is 4. The number of carbonyl (C=O) groups is 2. The molecule has 2 aromatic rings. The first-order valence-corrected chi connectivity index (χ1v) is 10.9. The Labute approximate surface area is 203 Å². The lowest BCUT2D eigenvalue weighted by molar-refractivity contribution is -0.185. The number of anilines is 2. The highest BCUT2D eigenvalue weighted by molar-refractivity contribution is 6.35. The van der Waals surface area contributed by atoms with E-state index in [1.807, 2.05) is 0 Å². The van der Waals surface area contributed by atoms with Crippen LogP contribution >= 0.6 is 34.8 Å². The summed E-state index contributed by atoms with van der Waals surface area (Å²) in [4.78, 5) is 26.2. The predicted molar refractivity (Wildman–Crippen MR) is 122 cm³/mol. The fraction of sp³-hybridized carbons (Fsp3) is 0.333. The average Bonchev–Trinajstić information content (AvgIpc) is 2.72. The Kier molecular flexibility index (Phi) is 7.87. The van der Waals surface area contributed by atoms with Gasteiger partial charge in [-0.1, -0.05) is 34.8 Å². The predicted octanol–water partition coefficient (Wildman–Crippen LogP) is 5.18. The lowest BCUT2D eigenvalue weighted by Crippen LogP contribution is -2.52. The number of alkyl halides is 3. The second kappa shape index (κ2) is 10.3. The fourth-order valence-corrected chi connectivity index (χ4v) is 4.33. The number of aryl methyl sites for hydroxylation is 1. The minimum Gasteiger partial charge on any atom is -0.482 e. The van der Waals surface area contributed by atoms with Crippen molar-refractivity contribution < 1.29 is 27.5 Å². The summed E-state index contributed by atoms with van der Waals surface area (Å²) in [6.07, 6.45) is -4.89. The molecule has 0 saturated carbocycles. The van der Waals surface area contributed by atoms with Crippen molar-refractivity contribution in [2.75, 3.05) is 43.0 Å². The van der Waals surface area contributed by atoms with Gasteiger partial charge < -0.3 is 19.9 Å². The van der Waals surface area contributed by atoms with Crippen LogP contribution in [0.4, 0.5) is 24.5 Å². The van der Waals surface area contributed by atoms with Gasteiger partial charge in [0, 0.05) is 36.9 Å². The third-order valence-electron chi connectivity index (χ3n) is 4.92. The second-order valence-corrected chi connectivity index (χ2v) is 8.56. The van der Waals surface area contributed by atoms with Crippen molar-refractivity contribution in [3.05, 3.63) is 51.0 Å². The summed E-state index contributed by atoms with van der Waals surface area (Å²) in [6, 6.07) is 7.98. The molecule has 2 aromatic carbocycles. The Morgan fingerprint density at radius 3 is 2.27 bits per heavy atom. The lowest BCUT2D eigenvalue weighted by Gasteiger charge is -2.36. The number of nitrogens with zero attached hydrogens (tertiary/aromatic N) is 2. The summed E-state index contributed by atoms with van der Waals surface area (Å²) >= 11 is 18.3. The molecule has 0 aliphatic carbocycles. The first kappa shape index (κ1) is 25.3. The molecule has 1 saturated heterocycles. The molecule has 1 fully saturated rings. The van der Waals surface area contributed by atoms with Crippen LogP contribution in [0.15, 0.2) is 30.3 Å². The number of rotatable bonds is 5. The van der Waals surface area contributed by atoms with Gasteiger partial charge in [-0.3, -0.25) is 9.59 Å². The molecule has 0 radical (unpaired) electrons. The zero-order chi connectivity index (χ0) is 24.3. The van der Waals surface area contributed by atoms with Crippen molar-refractivity contribution in [2.24, 2.45) is 0 Å². The molecule has 33 heavy (non-hydrogen) atoms. The van der Waals surface area contributed by atoms with Crippen LogP contribution in [-0.4, -0.2) is 55.7 Å². The monoisotopic (exact) mass is 523 g/mol.